The van der Waals surface area contributed by atoms with E-state index in [2.05, 4.69) is 5.43 Å². The number of hydrogen-bond acceptors (Lipinski definition) is 3. The molecular weight excluding hydrogens is 259 g/mol. The van der Waals surface area contributed by atoms with Gasteiger partial charge in [0.2, 0.25) is 0 Å². The predicted molar refractivity (Wildman–Crippen MR) is 64.4 cm³/mol. The Balaban J connectivity index is 2.38. The van der Waals surface area contributed by atoms with Gasteiger partial charge in [-0.05, 0) is 31.0 Å². The van der Waals surface area contributed by atoms with E-state index in [1.807, 2.05) is 0 Å². The van der Waals surface area contributed by atoms with Gasteiger partial charge in [0.1, 0.15) is 0 Å². The van der Waals surface area contributed by atoms with Crippen molar-refractivity contribution in [2.24, 2.45) is 5.84 Å². The number of alkyl halides is 3. The lowest BCUT2D eigenvalue weighted by molar-refractivity contribution is -0.137. The first-order valence-corrected chi connectivity index (χ1v) is 5.90. The summed E-state index contributed by atoms with van der Waals surface area (Å²) in [5.41, 5.74) is 1.57. The Bertz CT molecular complexity index is 482. The van der Waals surface area contributed by atoms with Crippen molar-refractivity contribution in [3.05, 3.63) is 29.3 Å². The molecule has 19 heavy (non-hydrogen) atoms. The van der Waals surface area contributed by atoms with Crippen LogP contribution >= 0.6 is 0 Å². The molecule has 1 heterocycles. The number of likely N-dealkylation sites (tertiary alicyclic amines) is 1. The molecule has 0 aliphatic carbocycles. The van der Waals surface area contributed by atoms with Crippen LogP contribution in [-0.4, -0.2) is 23.9 Å². The summed E-state index contributed by atoms with van der Waals surface area (Å²) in [6.45, 7) is 1.14. The average Bonchev–Trinajstić information content (AvgIpc) is 2.90. The monoisotopic (exact) mass is 273 g/mol. The number of rotatable bonds is 2. The highest BCUT2D eigenvalue weighted by Gasteiger charge is 2.32. The summed E-state index contributed by atoms with van der Waals surface area (Å²) >= 11 is 0. The number of carbonyl (C=O) groups is 1. The minimum absolute atomic E-state index is 0.0424. The molecule has 1 amide bonds. The molecule has 1 saturated heterocycles. The van der Waals surface area contributed by atoms with Gasteiger partial charge in [-0.2, -0.15) is 13.2 Å². The van der Waals surface area contributed by atoms with E-state index < -0.39 is 17.6 Å². The lowest BCUT2D eigenvalue weighted by atomic mass is 10.1. The number of anilines is 1. The van der Waals surface area contributed by atoms with Gasteiger partial charge in [0.05, 0.1) is 16.8 Å². The molecule has 1 aromatic rings. The Morgan fingerprint density at radius 2 is 1.89 bits per heavy atom. The van der Waals surface area contributed by atoms with Crippen molar-refractivity contribution in [1.82, 2.24) is 4.90 Å². The van der Waals surface area contributed by atoms with E-state index in [0.717, 1.165) is 25.0 Å². The first kappa shape index (κ1) is 13.7. The minimum Gasteiger partial charge on any atom is -0.339 e. The van der Waals surface area contributed by atoms with Crippen LogP contribution in [0.2, 0.25) is 0 Å². The van der Waals surface area contributed by atoms with E-state index >= 15 is 0 Å². The fourth-order valence-corrected chi connectivity index (χ4v) is 2.11. The van der Waals surface area contributed by atoms with Crippen molar-refractivity contribution < 1.29 is 18.0 Å². The molecule has 3 N–H and O–H groups in total. The molecule has 1 aliphatic rings. The maximum Gasteiger partial charge on any atom is 0.416 e. The topological polar surface area (TPSA) is 58.4 Å². The second kappa shape index (κ2) is 5.08. The maximum absolute atomic E-state index is 12.7. The molecule has 0 saturated carbocycles. The molecule has 0 aromatic heterocycles. The number of benzene rings is 1. The first-order chi connectivity index (χ1) is 8.93. The van der Waals surface area contributed by atoms with Gasteiger partial charge in [-0.25, -0.2) is 0 Å². The zero-order chi connectivity index (χ0) is 14.0. The maximum atomic E-state index is 12.7. The average molecular weight is 273 g/mol. The van der Waals surface area contributed by atoms with E-state index in [1.165, 1.54) is 11.0 Å². The van der Waals surface area contributed by atoms with Gasteiger partial charge in [-0.3, -0.25) is 10.6 Å². The summed E-state index contributed by atoms with van der Waals surface area (Å²) in [5.74, 6) is 4.82. The Labute approximate surface area is 108 Å². The van der Waals surface area contributed by atoms with Crippen molar-refractivity contribution in [2.45, 2.75) is 19.0 Å². The van der Waals surface area contributed by atoms with Crippen LogP contribution in [0, 0.1) is 0 Å². The molecule has 0 bridgehead atoms. The number of hydrogen-bond donors (Lipinski definition) is 2. The van der Waals surface area contributed by atoms with Gasteiger partial charge in [0, 0.05) is 13.1 Å². The Kier molecular flexibility index (Phi) is 3.66. The molecular formula is C12H14F3N3O. The molecule has 104 valence electrons. The van der Waals surface area contributed by atoms with Crippen LogP contribution in [0.25, 0.3) is 0 Å². The highest BCUT2D eigenvalue weighted by molar-refractivity contribution is 5.99. The molecule has 2 rings (SSSR count). The zero-order valence-electron chi connectivity index (χ0n) is 10.1. The lowest BCUT2D eigenvalue weighted by Gasteiger charge is -2.18. The molecule has 7 heteroatoms. The number of nitrogens with one attached hydrogen (secondary N) is 1. The predicted octanol–water partition coefficient (Wildman–Crippen LogP) is 2.23. The van der Waals surface area contributed by atoms with Gasteiger partial charge in [0.15, 0.2) is 0 Å². The second-order valence-electron chi connectivity index (χ2n) is 4.40. The number of carbonyl (C=O) groups excluding carboxylic acids is 1. The van der Waals surface area contributed by atoms with E-state index in [4.69, 9.17) is 5.84 Å². The largest absolute Gasteiger partial charge is 0.416 e. The number of nitrogens with two attached hydrogens (primary N) is 1. The third-order valence-corrected chi connectivity index (χ3v) is 3.13. The van der Waals surface area contributed by atoms with Gasteiger partial charge < -0.3 is 10.3 Å². The smallest absolute Gasteiger partial charge is 0.339 e. The van der Waals surface area contributed by atoms with Gasteiger partial charge >= 0.3 is 6.18 Å². The molecule has 0 atom stereocenters. The fourth-order valence-electron chi connectivity index (χ4n) is 2.11. The van der Waals surface area contributed by atoms with Crippen LogP contribution in [0.5, 0.6) is 0 Å². The van der Waals surface area contributed by atoms with Gasteiger partial charge in [-0.1, -0.05) is 0 Å². The summed E-state index contributed by atoms with van der Waals surface area (Å²) in [7, 11) is 0. The summed E-state index contributed by atoms with van der Waals surface area (Å²) in [6.07, 6.45) is -2.74. The first-order valence-electron chi connectivity index (χ1n) is 5.90. The number of nitrogen functional groups attached to an aromatic ring is 1. The van der Waals surface area contributed by atoms with Crippen LogP contribution in [-0.2, 0) is 6.18 Å². The fraction of sp³-hybridized carbons (Fsp3) is 0.417. The minimum atomic E-state index is -4.48. The number of nitrogens with zero attached hydrogens (tertiary/aromatic N) is 1. The molecule has 1 fully saturated rings. The van der Waals surface area contributed by atoms with Gasteiger partial charge in [0.25, 0.3) is 5.91 Å². The summed E-state index contributed by atoms with van der Waals surface area (Å²) < 4.78 is 38.0. The standard InChI is InChI=1S/C12H14F3N3O/c13-12(14,15)8-3-4-10(17-16)9(7-8)11(19)18-5-1-2-6-18/h3-4,7,17H,1-2,5-6,16H2. The van der Waals surface area contributed by atoms with E-state index in [1.54, 1.807) is 0 Å². The highest BCUT2D eigenvalue weighted by Crippen LogP contribution is 2.32. The van der Waals surface area contributed by atoms with Crippen LogP contribution in [0.3, 0.4) is 0 Å². The summed E-state index contributed by atoms with van der Waals surface area (Å²) in [6, 6.07) is 2.91. The second-order valence-corrected chi connectivity index (χ2v) is 4.40. The molecule has 1 aliphatic heterocycles. The van der Waals surface area contributed by atoms with Crippen molar-refractivity contribution in [2.75, 3.05) is 18.5 Å². The van der Waals surface area contributed by atoms with Gasteiger partial charge in [-0.15, -0.1) is 0 Å². The van der Waals surface area contributed by atoms with E-state index in [0.29, 0.717) is 13.1 Å². The third-order valence-electron chi connectivity index (χ3n) is 3.13. The Morgan fingerprint density at radius 3 is 2.42 bits per heavy atom. The third kappa shape index (κ3) is 2.81. The van der Waals surface area contributed by atoms with Crippen LogP contribution in [0.1, 0.15) is 28.8 Å². The number of amides is 1. The van der Waals surface area contributed by atoms with Crippen molar-refractivity contribution >= 4 is 11.6 Å². The Hall–Kier alpha value is -1.76. The molecule has 4 nitrogen and oxygen atoms in total. The lowest BCUT2D eigenvalue weighted by Crippen LogP contribution is -2.29. The normalized spacial score (nSPS) is 15.7. The van der Waals surface area contributed by atoms with E-state index in [-0.39, 0.29) is 11.3 Å². The van der Waals surface area contributed by atoms with Crippen molar-refractivity contribution in [3.63, 3.8) is 0 Å². The van der Waals surface area contributed by atoms with E-state index in [9.17, 15) is 18.0 Å². The van der Waals surface area contributed by atoms with Crippen LogP contribution < -0.4 is 11.3 Å². The quantitative estimate of drug-likeness (QED) is 0.641. The summed E-state index contributed by atoms with van der Waals surface area (Å²) in [4.78, 5) is 13.7. The van der Waals surface area contributed by atoms with Crippen LogP contribution in [0.15, 0.2) is 18.2 Å². The molecule has 1 aromatic carbocycles. The molecule has 0 radical (unpaired) electrons. The SMILES string of the molecule is NNc1ccc(C(F)(F)F)cc1C(=O)N1CCCC1. The number of hydrazine groups is 1. The molecule has 0 spiro atoms. The van der Waals surface area contributed by atoms with Crippen LogP contribution in [0.4, 0.5) is 18.9 Å². The highest BCUT2D eigenvalue weighted by atomic mass is 19.4. The van der Waals surface area contributed by atoms with Crippen molar-refractivity contribution in [1.29, 1.82) is 0 Å². The number of halogens is 3. The Morgan fingerprint density at radius 1 is 1.26 bits per heavy atom. The molecule has 0 unspecified atom stereocenters. The van der Waals surface area contributed by atoms with Crippen molar-refractivity contribution in [3.8, 4) is 0 Å². The summed E-state index contributed by atoms with van der Waals surface area (Å²) in [5, 5.41) is 0. The zero-order valence-corrected chi connectivity index (χ0v) is 10.1.